The summed E-state index contributed by atoms with van der Waals surface area (Å²) in [4.78, 5) is 54.0. The number of rotatable bonds is 10. The van der Waals surface area contributed by atoms with Gasteiger partial charge in [0, 0.05) is 18.8 Å². The van der Waals surface area contributed by atoms with E-state index < -0.39 is 11.2 Å². The molecule has 4 rings (SSSR count). The molecular formula is C28H30N4O4S. The summed E-state index contributed by atoms with van der Waals surface area (Å²) in [5, 5.41) is 4.59. The minimum Gasteiger partial charge on any atom is -0.341 e. The van der Waals surface area contributed by atoms with E-state index in [0.29, 0.717) is 34.7 Å². The van der Waals surface area contributed by atoms with Crippen molar-refractivity contribution in [3.63, 3.8) is 0 Å². The molecule has 4 aromatic rings. The first-order chi connectivity index (χ1) is 17.9. The van der Waals surface area contributed by atoms with Gasteiger partial charge in [-0.3, -0.25) is 19.0 Å². The van der Waals surface area contributed by atoms with Crippen LogP contribution in [0, 0.1) is 0 Å². The summed E-state index contributed by atoms with van der Waals surface area (Å²) in [5.41, 5.74) is 1.32. The summed E-state index contributed by atoms with van der Waals surface area (Å²) >= 11 is 1.24. The molecular weight excluding hydrogens is 488 g/mol. The molecule has 192 valence electrons. The van der Waals surface area contributed by atoms with Gasteiger partial charge in [-0.15, -0.1) is 11.3 Å². The van der Waals surface area contributed by atoms with Crippen LogP contribution in [0.4, 0.5) is 5.69 Å². The fourth-order valence-corrected chi connectivity index (χ4v) is 5.10. The lowest BCUT2D eigenvalue weighted by Crippen LogP contribution is -2.42. The normalized spacial score (nSPS) is 11.0. The first-order valence-electron chi connectivity index (χ1n) is 12.4. The molecule has 0 aliphatic heterocycles. The molecule has 0 unspecified atom stereocenters. The highest BCUT2D eigenvalue weighted by Crippen LogP contribution is 2.17. The van der Waals surface area contributed by atoms with E-state index in [1.807, 2.05) is 44.2 Å². The minimum atomic E-state index is -0.563. The number of hydrogen-bond acceptors (Lipinski definition) is 5. The Hall–Kier alpha value is -3.98. The van der Waals surface area contributed by atoms with Gasteiger partial charge in [-0.25, -0.2) is 9.36 Å². The first kappa shape index (κ1) is 26.1. The highest BCUT2D eigenvalue weighted by Gasteiger charge is 2.20. The fraction of sp³-hybridized carbons (Fsp3) is 0.286. The van der Waals surface area contributed by atoms with E-state index in [-0.39, 0.29) is 24.8 Å². The number of hydrogen-bond donors (Lipinski definition) is 1. The molecule has 0 aliphatic carbocycles. The molecule has 1 N–H and O–H groups in total. The Balaban J connectivity index is 1.63. The molecule has 8 nitrogen and oxygen atoms in total. The zero-order valence-electron chi connectivity index (χ0n) is 21.0. The first-order valence-corrected chi connectivity index (χ1v) is 13.3. The maximum absolute atomic E-state index is 13.5. The predicted molar refractivity (Wildman–Crippen MR) is 148 cm³/mol. The summed E-state index contributed by atoms with van der Waals surface area (Å²) in [6, 6.07) is 17.7. The van der Waals surface area contributed by atoms with Crippen LogP contribution in [0.2, 0.25) is 0 Å². The fourth-order valence-electron chi connectivity index (χ4n) is 4.28. The number of aromatic nitrogens is 2. The van der Waals surface area contributed by atoms with Crippen LogP contribution in [0.5, 0.6) is 0 Å². The third kappa shape index (κ3) is 5.89. The molecule has 0 bridgehead atoms. The number of amides is 2. The van der Waals surface area contributed by atoms with E-state index >= 15 is 0 Å². The van der Waals surface area contributed by atoms with Gasteiger partial charge >= 0.3 is 5.69 Å². The van der Waals surface area contributed by atoms with Crippen LogP contribution in [0.15, 0.2) is 75.6 Å². The number of nitrogens with one attached hydrogen (secondary N) is 1. The van der Waals surface area contributed by atoms with Crippen molar-refractivity contribution in [2.24, 2.45) is 0 Å². The maximum Gasteiger partial charge on any atom is 0.336 e. The zero-order chi connectivity index (χ0) is 26.4. The molecule has 0 atom stereocenters. The molecule has 0 aliphatic rings. The van der Waals surface area contributed by atoms with E-state index in [1.165, 1.54) is 15.9 Å². The van der Waals surface area contributed by atoms with Gasteiger partial charge in [-0.1, -0.05) is 44.2 Å². The minimum absolute atomic E-state index is 0.135. The average Bonchev–Trinajstić information content (AvgIpc) is 3.38. The van der Waals surface area contributed by atoms with Crippen LogP contribution < -0.4 is 16.6 Å². The number of para-hydroxylation sites is 1. The number of anilines is 1. The number of carbonyl (C=O) groups excluding carboxylic acids is 2. The van der Waals surface area contributed by atoms with Gasteiger partial charge in [0.2, 0.25) is 11.8 Å². The van der Waals surface area contributed by atoms with Crippen molar-refractivity contribution in [2.75, 3.05) is 18.4 Å². The van der Waals surface area contributed by atoms with Crippen LogP contribution >= 0.6 is 11.3 Å². The Bertz CT molecular complexity index is 1500. The molecule has 0 radical (unpaired) electrons. The smallest absolute Gasteiger partial charge is 0.336 e. The maximum atomic E-state index is 13.5. The van der Waals surface area contributed by atoms with Crippen molar-refractivity contribution in [1.29, 1.82) is 0 Å². The van der Waals surface area contributed by atoms with E-state index in [0.717, 1.165) is 23.0 Å². The van der Waals surface area contributed by atoms with Crippen LogP contribution in [-0.2, 0) is 22.6 Å². The van der Waals surface area contributed by atoms with Gasteiger partial charge in [0.25, 0.3) is 5.56 Å². The molecule has 9 heteroatoms. The van der Waals surface area contributed by atoms with Gasteiger partial charge in [0.15, 0.2) is 0 Å². The molecule has 0 fully saturated rings. The molecule has 0 saturated carbocycles. The average molecular weight is 519 g/mol. The van der Waals surface area contributed by atoms with Crippen LogP contribution in [0.1, 0.15) is 32.3 Å². The second-order valence-electron chi connectivity index (χ2n) is 8.78. The Kier molecular flexibility index (Phi) is 8.35. The Morgan fingerprint density at radius 3 is 2.24 bits per heavy atom. The highest BCUT2D eigenvalue weighted by atomic mass is 32.1. The van der Waals surface area contributed by atoms with E-state index in [1.54, 1.807) is 40.6 Å². The lowest BCUT2D eigenvalue weighted by Gasteiger charge is -2.22. The van der Waals surface area contributed by atoms with Crippen molar-refractivity contribution in [3.05, 3.63) is 92.4 Å². The van der Waals surface area contributed by atoms with Crippen LogP contribution in [0.3, 0.4) is 0 Å². The van der Waals surface area contributed by atoms with Crippen LogP contribution in [0.25, 0.3) is 15.9 Å². The second kappa shape index (κ2) is 11.8. The number of nitrogens with zero attached hydrogens (tertiary/aromatic N) is 3. The summed E-state index contributed by atoms with van der Waals surface area (Å²) in [7, 11) is 0. The van der Waals surface area contributed by atoms with E-state index in [2.05, 4.69) is 5.32 Å². The zero-order valence-corrected chi connectivity index (χ0v) is 21.8. The van der Waals surface area contributed by atoms with Crippen molar-refractivity contribution in [1.82, 2.24) is 14.0 Å². The number of benzene rings is 2. The second-order valence-corrected chi connectivity index (χ2v) is 9.70. The lowest BCUT2D eigenvalue weighted by atomic mass is 10.1. The molecule has 2 heterocycles. The van der Waals surface area contributed by atoms with E-state index in [4.69, 9.17) is 0 Å². The highest BCUT2D eigenvalue weighted by molar-refractivity contribution is 7.17. The molecule has 0 spiro atoms. The predicted octanol–water partition coefficient (Wildman–Crippen LogP) is 4.04. The van der Waals surface area contributed by atoms with Gasteiger partial charge in [-0.2, -0.15) is 0 Å². The number of fused-ring (bicyclic) bond motifs is 1. The number of carbonyl (C=O) groups is 2. The third-order valence-electron chi connectivity index (χ3n) is 6.00. The summed E-state index contributed by atoms with van der Waals surface area (Å²) in [6.45, 7) is 5.12. The van der Waals surface area contributed by atoms with E-state index in [9.17, 15) is 19.2 Å². The summed E-state index contributed by atoms with van der Waals surface area (Å²) in [6.07, 6.45) is 1.80. The van der Waals surface area contributed by atoms with Crippen molar-refractivity contribution < 1.29 is 9.59 Å². The lowest BCUT2D eigenvalue weighted by molar-refractivity contribution is -0.132. The third-order valence-corrected chi connectivity index (χ3v) is 6.90. The quantitative estimate of drug-likeness (QED) is 0.343. The Morgan fingerprint density at radius 2 is 1.59 bits per heavy atom. The standard InChI is InChI=1S/C28H30N4O4S/c1-3-15-30(16-4-2)25(34)19-31-23-14-17-37-26(23)27(35)32(28(31)36)22-12-10-20(11-13-22)18-24(33)29-21-8-6-5-7-9-21/h5-14,17H,3-4,15-16,18-19H2,1-2H3,(H,29,33). The Labute approximate surface area is 218 Å². The van der Waals surface area contributed by atoms with Gasteiger partial charge in [-0.05, 0) is 54.1 Å². The monoisotopic (exact) mass is 518 g/mol. The molecule has 0 saturated heterocycles. The molecule has 2 aromatic heterocycles. The van der Waals surface area contributed by atoms with Crippen molar-refractivity contribution in [3.8, 4) is 5.69 Å². The summed E-state index contributed by atoms with van der Waals surface area (Å²) in [5.74, 6) is -0.316. The molecule has 2 amide bonds. The van der Waals surface area contributed by atoms with Gasteiger partial charge in [0.1, 0.15) is 11.2 Å². The van der Waals surface area contributed by atoms with Gasteiger partial charge < -0.3 is 10.2 Å². The van der Waals surface area contributed by atoms with Crippen molar-refractivity contribution in [2.45, 2.75) is 39.7 Å². The van der Waals surface area contributed by atoms with Crippen molar-refractivity contribution >= 4 is 39.1 Å². The summed E-state index contributed by atoms with van der Waals surface area (Å²) < 4.78 is 2.90. The Morgan fingerprint density at radius 1 is 0.919 bits per heavy atom. The SMILES string of the molecule is CCCN(CCC)C(=O)Cn1c(=O)n(-c2ccc(CC(=O)Nc3ccccc3)cc2)c(=O)c2sccc21. The molecule has 2 aromatic carbocycles. The van der Waals surface area contributed by atoms with Crippen LogP contribution in [-0.4, -0.2) is 38.9 Å². The number of thiophene rings is 1. The molecule has 37 heavy (non-hydrogen) atoms. The topological polar surface area (TPSA) is 93.4 Å². The largest absolute Gasteiger partial charge is 0.341 e. The van der Waals surface area contributed by atoms with Gasteiger partial charge in [0.05, 0.1) is 17.6 Å².